The third kappa shape index (κ3) is 2.04. The molecule has 1 aromatic rings. The standard InChI is InChI=1S/C13H15F2NO3S/c14-11-2-1-3-12(15)13(11)20(18,19)16-8-4-5-9(16)7-10(17)6-8/h1-3,8-10,17H,4-7H2. The zero-order valence-electron chi connectivity index (χ0n) is 10.7. The maximum atomic E-state index is 13.8. The fourth-order valence-electron chi connectivity index (χ4n) is 3.33. The molecule has 1 N–H and O–H groups in total. The summed E-state index contributed by atoms with van der Waals surface area (Å²) in [4.78, 5) is -0.881. The summed E-state index contributed by atoms with van der Waals surface area (Å²) in [5, 5.41) is 9.68. The van der Waals surface area contributed by atoms with Crippen LogP contribution in [0.25, 0.3) is 0 Å². The molecule has 2 aliphatic heterocycles. The Morgan fingerprint density at radius 2 is 1.60 bits per heavy atom. The Bertz CT molecular complexity index is 600. The Balaban J connectivity index is 2.06. The molecule has 20 heavy (non-hydrogen) atoms. The van der Waals surface area contributed by atoms with Gasteiger partial charge < -0.3 is 5.11 Å². The average molecular weight is 303 g/mol. The molecule has 2 aliphatic rings. The van der Waals surface area contributed by atoms with Crippen molar-refractivity contribution in [3.8, 4) is 0 Å². The summed E-state index contributed by atoms with van der Waals surface area (Å²) in [7, 11) is -4.21. The molecule has 2 unspecified atom stereocenters. The highest BCUT2D eigenvalue weighted by Gasteiger charge is 2.48. The molecule has 0 amide bonds. The van der Waals surface area contributed by atoms with Gasteiger partial charge in [0, 0.05) is 12.1 Å². The van der Waals surface area contributed by atoms with E-state index >= 15 is 0 Å². The van der Waals surface area contributed by atoms with Crippen LogP contribution in [0, 0.1) is 11.6 Å². The number of benzene rings is 1. The summed E-state index contributed by atoms with van der Waals surface area (Å²) in [6.45, 7) is 0. The summed E-state index contributed by atoms with van der Waals surface area (Å²) in [5.41, 5.74) is 0. The number of aliphatic hydroxyl groups excluding tert-OH is 1. The van der Waals surface area contributed by atoms with E-state index in [-0.39, 0.29) is 12.1 Å². The molecule has 4 nitrogen and oxygen atoms in total. The number of sulfonamides is 1. The molecule has 2 bridgehead atoms. The molecule has 2 atom stereocenters. The quantitative estimate of drug-likeness (QED) is 0.903. The van der Waals surface area contributed by atoms with Gasteiger partial charge >= 0.3 is 0 Å². The van der Waals surface area contributed by atoms with E-state index in [4.69, 9.17) is 0 Å². The molecule has 0 aromatic heterocycles. The van der Waals surface area contributed by atoms with E-state index in [9.17, 15) is 22.3 Å². The van der Waals surface area contributed by atoms with Gasteiger partial charge in [0.05, 0.1) is 6.10 Å². The molecule has 2 fully saturated rings. The molecule has 0 aliphatic carbocycles. The Kier molecular flexibility index (Phi) is 3.30. The van der Waals surface area contributed by atoms with Crippen LogP contribution in [0.1, 0.15) is 25.7 Å². The zero-order chi connectivity index (χ0) is 14.5. The van der Waals surface area contributed by atoms with E-state index in [0.717, 1.165) is 18.2 Å². The van der Waals surface area contributed by atoms with Crippen molar-refractivity contribution in [1.82, 2.24) is 4.31 Å². The van der Waals surface area contributed by atoms with Crippen LogP contribution in [0.5, 0.6) is 0 Å². The Morgan fingerprint density at radius 1 is 1.10 bits per heavy atom. The van der Waals surface area contributed by atoms with Crippen molar-refractivity contribution in [2.45, 2.75) is 48.8 Å². The van der Waals surface area contributed by atoms with Gasteiger partial charge in [-0.3, -0.25) is 0 Å². The van der Waals surface area contributed by atoms with Crippen LogP contribution in [0.4, 0.5) is 8.78 Å². The second-order valence-corrected chi connectivity index (χ2v) is 7.18. The summed E-state index contributed by atoms with van der Waals surface area (Å²) < 4.78 is 53.8. The van der Waals surface area contributed by atoms with Crippen LogP contribution in [-0.4, -0.2) is 36.0 Å². The third-order valence-corrected chi connectivity index (χ3v) is 6.15. The van der Waals surface area contributed by atoms with E-state index in [2.05, 4.69) is 0 Å². The Hall–Kier alpha value is -1.05. The predicted octanol–water partition coefficient (Wildman–Crippen LogP) is 1.64. The largest absolute Gasteiger partial charge is 0.393 e. The summed E-state index contributed by atoms with van der Waals surface area (Å²) >= 11 is 0. The lowest BCUT2D eigenvalue weighted by Gasteiger charge is -2.36. The average Bonchev–Trinajstić information content (AvgIpc) is 2.62. The van der Waals surface area contributed by atoms with Crippen LogP contribution in [0.2, 0.25) is 0 Å². The van der Waals surface area contributed by atoms with Gasteiger partial charge in [-0.15, -0.1) is 0 Å². The highest BCUT2D eigenvalue weighted by molar-refractivity contribution is 7.89. The van der Waals surface area contributed by atoms with Crippen LogP contribution < -0.4 is 0 Å². The molecule has 0 spiro atoms. The smallest absolute Gasteiger partial charge is 0.249 e. The lowest BCUT2D eigenvalue weighted by molar-refractivity contribution is 0.0767. The molecule has 1 aromatic carbocycles. The van der Waals surface area contributed by atoms with Gasteiger partial charge in [-0.25, -0.2) is 17.2 Å². The van der Waals surface area contributed by atoms with E-state index in [1.54, 1.807) is 0 Å². The number of hydrogen-bond donors (Lipinski definition) is 1. The molecule has 7 heteroatoms. The second kappa shape index (κ2) is 4.75. The fourth-order valence-corrected chi connectivity index (χ4v) is 5.34. The minimum Gasteiger partial charge on any atom is -0.393 e. The molecule has 3 rings (SSSR count). The number of fused-ring (bicyclic) bond motifs is 2. The lowest BCUT2D eigenvalue weighted by atomic mass is 10.0. The summed E-state index contributed by atoms with van der Waals surface area (Å²) in [5.74, 6) is -2.15. The van der Waals surface area contributed by atoms with Crippen molar-refractivity contribution in [3.05, 3.63) is 29.8 Å². The van der Waals surface area contributed by atoms with Crippen LogP contribution in [0.15, 0.2) is 23.1 Å². The SMILES string of the molecule is O=S(=O)(c1c(F)cccc1F)N1C2CCC1CC(O)C2. The van der Waals surface area contributed by atoms with Gasteiger partial charge in [0.25, 0.3) is 0 Å². The normalized spacial score (nSPS) is 30.6. The van der Waals surface area contributed by atoms with Gasteiger partial charge in [-0.1, -0.05) is 6.07 Å². The van der Waals surface area contributed by atoms with Crippen molar-refractivity contribution < 1.29 is 22.3 Å². The van der Waals surface area contributed by atoms with Gasteiger partial charge in [0.1, 0.15) is 11.6 Å². The van der Waals surface area contributed by atoms with E-state index < -0.39 is 32.7 Å². The minimum atomic E-state index is -4.21. The number of rotatable bonds is 2. The maximum absolute atomic E-state index is 13.8. The monoisotopic (exact) mass is 303 g/mol. The first-order chi connectivity index (χ1) is 9.41. The van der Waals surface area contributed by atoms with Crippen LogP contribution in [-0.2, 0) is 10.0 Å². The molecular formula is C13H15F2NO3S. The molecule has 2 saturated heterocycles. The highest BCUT2D eigenvalue weighted by atomic mass is 32.2. The van der Waals surface area contributed by atoms with Crippen molar-refractivity contribution in [2.75, 3.05) is 0 Å². The molecule has 0 saturated carbocycles. The van der Waals surface area contributed by atoms with Gasteiger partial charge in [-0.2, -0.15) is 4.31 Å². The first-order valence-corrected chi connectivity index (χ1v) is 8.01. The number of hydrogen-bond acceptors (Lipinski definition) is 3. The van der Waals surface area contributed by atoms with Crippen molar-refractivity contribution in [1.29, 1.82) is 0 Å². The number of piperidine rings is 1. The van der Waals surface area contributed by atoms with E-state index in [0.29, 0.717) is 25.7 Å². The first kappa shape index (κ1) is 13.9. The topological polar surface area (TPSA) is 57.6 Å². The minimum absolute atomic E-state index is 0.325. The summed E-state index contributed by atoms with van der Waals surface area (Å²) in [6.07, 6.45) is 1.36. The van der Waals surface area contributed by atoms with Crippen molar-refractivity contribution >= 4 is 10.0 Å². The van der Waals surface area contributed by atoms with Crippen LogP contribution >= 0.6 is 0 Å². The van der Waals surface area contributed by atoms with Gasteiger partial charge in [-0.05, 0) is 37.8 Å². The predicted molar refractivity (Wildman–Crippen MR) is 67.4 cm³/mol. The molecule has 0 radical (unpaired) electrons. The number of aliphatic hydroxyl groups is 1. The zero-order valence-corrected chi connectivity index (χ0v) is 11.5. The maximum Gasteiger partial charge on any atom is 0.249 e. The summed E-state index contributed by atoms with van der Waals surface area (Å²) in [6, 6.07) is 2.28. The van der Waals surface area contributed by atoms with Gasteiger partial charge in [0.15, 0.2) is 4.90 Å². The van der Waals surface area contributed by atoms with Gasteiger partial charge in [0.2, 0.25) is 10.0 Å². The van der Waals surface area contributed by atoms with E-state index in [1.165, 1.54) is 4.31 Å². The molecule has 2 heterocycles. The molecule has 110 valence electrons. The Morgan fingerprint density at radius 3 is 2.10 bits per heavy atom. The van der Waals surface area contributed by atoms with E-state index in [1.807, 2.05) is 0 Å². The fraction of sp³-hybridized carbons (Fsp3) is 0.538. The number of halogens is 2. The van der Waals surface area contributed by atoms with Crippen LogP contribution in [0.3, 0.4) is 0 Å². The van der Waals surface area contributed by atoms with Crippen molar-refractivity contribution in [3.63, 3.8) is 0 Å². The second-order valence-electron chi connectivity index (χ2n) is 5.40. The highest BCUT2D eigenvalue weighted by Crippen LogP contribution is 2.40. The lowest BCUT2D eigenvalue weighted by Crippen LogP contribution is -2.48. The first-order valence-electron chi connectivity index (χ1n) is 6.57. The Labute approximate surface area is 116 Å². The third-order valence-electron chi connectivity index (χ3n) is 4.10. The number of nitrogens with zero attached hydrogens (tertiary/aromatic N) is 1. The van der Waals surface area contributed by atoms with Crippen molar-refractivity contribution in [2.24, 2.45) is 0 Å². The molecular weight excluding hydrogens is 288 g/mol.